The molecule has 94 valence electrons. The van der Waals surface area contributed by atoms with Crippen molar-refractivity contribution in [2.45, 2.75) is 25.9 Å². The summed E-state index contributed by atoms with van der Waals surface area (Å²) >= 11 is 9.13. The van der Waals surface area contributed by atoms with E-state index in [2.05, 4.69) is 21.2 Å². The van der Waals surface area contributed by atoms with Crippen molar-refractivity contribution in [1.29, 1.82) is 0 Å². The third kappa shape index (κ3) is 5.06. The highest BCUT2D eigenvalue weighted by molar-refractivity contribution is 9.10. The fourth-order valence-electron chi connectivity index (χ4n) is 1.37. The summed E-state index contributed by atoms with van der Waals surface area (Å²) in [6.45, 7) is 2.28. The van der Waals surface area contributed by atoms with Gasteiger partial charge in [0.1, 0.15) is 0 Å². The van der Waals surface area contributed by atoms with Gasteiger partial charge in [-0.05, 0) is 53.9 Å². The molecule has 1 amide bonds. The van der Waals surface area contributed by atoms with Gasteiger partial charge in [0.05, 0.1) is 11.7 Å². The number of hydrogen-bond acceptors (Lipinski definition) is 2. The van der Waals surface area contributed by atoms with E-state index >= 15 is 0 Å². The molecule has 1 unspecified atom stereocenters. The van der Waals surface area contributed by atoms with E-state index in [4.69, 9.17) is 16.7 Å². The summed E-state index contributed by atoms with van der Waals surface area (Å²) in [7, 11) is 0. The Hall–Kier alpha value is -0.580. The van der Waals surface area contributed by atoms with Crippen LogP contribution in [-0.2, 0) is 0 Å². The Morgan fingerprint density at radius 1 is 1.59 bits per heavy atom. The number of nitrogens with one attached hydrogen (secondary N) is 1. The van der Waals surface area contributed by atoms with Gasteiger partial charge < -0.3 is 10.4 Å². The summed E-state index contributed by atoms with van der Waals surface area (Å²) in [5, 5.41) is 12.4. The van der Waals surface area contributed by atoms with Crippen LogP contribution in [0.2, 0.25) is 5.02 Å². The lowest BCUT2D eigenvalue weighted by molar-refractivity contribution is 0.0949. The lowest BCUT2D eigenvalue weighted by Crippen LogP contribution is -2.25. The molecule has 0 heterocycles. The average Bonchev–Trinajstić information content (AvgIpc) is 2.27. The third-order valence-electron chi connectivity index (χ3n) is 2.26. The maximum atomic E-state index is 11.8. The highest BCUT2D eigenvalue weighted by atomic mass is 79.9. The molecule has 1 aromatic rings. The topological polar surface area (TPSA) is 49.3 Å². The molecule has 0 saturated carbocycles. The van der Waals surface area contributed by atoms with Crippen molar-refractivity contribution in [1.82, 2.24) is 5.32 Å². The third-order valence-corrected chi connectivity index (χ3v) is 3.18. The van der Waals surface area contributed by atoms with Gasteiger partial charge in [-0.15, -0.1) is 0 Å². The molecule has 0 radical (unpaired) electrons. The molecule has 0 aromatic heterocycles. The first-order chi connectivity index (χ1) is 8.00. The molecule has 1 rings (SSSR count). The Labute approximate surface area is 114 Å². The molecule has 0 saturated heterocycles. The van der Waals surface area contributed by atoms with Crippen molar-refractivity contribution in [3.05, 3.63) is 33.3 Å². The van der Waals surface area contributed by atoms with Crippen LogP contribution in [0.3, 0.4) is 0 Å². The number of carbonyl (C=O) groups is 1. The van der Waals surface area contributed by atoms with Gasteiger partial charge in [-0.2, -0.15) is 0 Å². The van der Waals surface area contributed by atoms with Crippen LogP contribution < -0.4 is 5.32 Å². The second-order valence-corrected chi connectivity index (χ2v) is 5.16. The highest BCUT2D eigenvalue weighted by Gasteiger charge is 2.09. The minimum Gasteiger partial charge on any atom is -0.393 e. The van der Waals surface area contributed by atoms with E-state index in [1.54, 1.807) is 25.1 Å². The molecule has 0 aliphatic carbocycles. The molecule has 0 fully saturated rings. The summed E-state index contributed by atoms with van der Waals surface area (Å²) in [6.07, 6.45) is 1.10. The number of amides is 1. The van der Waals surface area contributed by atoms with Crippen LogP contribution in [0.25, 0.3) is 0 Å². The lowest BCUT2D eigenvalue weighted by atomic mass is 10.2. The average molecular weight is 321 g/mol. The fraction of sp³-hybridized carbons (Fsp3) is 0.417. The Morgan fingerprint density at radius 3 is 2.94 bits per heavy atom. The number of rotatable bonds is 5. The molecule has 0 aliphatic heterocycles. The standard InChI is InChI=1S/C12H15BrClNO2/c1-8(16)3-2-6-15-12(17)10-7-9(14)4-5-11(10)13/h4-5,7-8,16H,2-3,6H2,1H3,(H,15,17). The van der Waals surface area contributed by atoms with E-state index in [-0.39, 0.29) is 12.0 Å². The molecule has 0 bridgehead atoms. The van der Waals surface area contributed by atoms with Gasteiger partial charge in [0.25, 0.3) is 5.91 Å². The monoisotopic (exact) mass is 319 g/mol. The number of benzene rings is 1. The molecular formula is C12H15BrClNO2. The minimum atomic E-state index is -0.329. The van der Waals surface area contributed by atoms with Gasteiger partial charge in [-0.1, -0.05) is 11.6 Å². The Morgan fingerprint density at radius 2 is 2.29 bits per heavy atom. The predicted molar refractivity (Wildman–Crippen MR) is 72.4 cm³/mol. The van der Waals surface area contributed by atoms with Crippen molar-refractivity contribution < 1.29 is 9.90 Å². The number of halogens is 2. The molecule has 0 spiro atoms. The van der Waals surface area contributed by atoms with Crippen molar-refractivity contribution in [3.63, 3.8) is 0 Å². The SMILES string of the molecule is CC(O)CCCNC(=O)c1cc(Cl)ccc1Br. The second-order valence-electron chi connectivity index (χ2n) is 3.87. The van der Waals surface area contributed by atoms with Crippen LogP contribution in [0.4, 0.5) is 0 Å². The van der Waals surface area contributed by atoms with Gasteiger partial charge in [0, 0.05) is 16.0 Å². The van der Waals surface area contributed by atoms with Crippen molar-refractivity contribution in [2.24, 2.45) is 0 Å². The number of carbonyl (C=O) groups excluding carboxylic acids is 1. The van der Waals surface area contributed by atoms with Crippen LogP contribution in [0.15, 0.2) is 22.7 Å². The van der Waals surface area contributed by atoms with Crippen molar-refractivity contribution in [2.75, 3.05) is 6.54 Å². The van der Waals surface area contributed by atoms with E-state index in [9.17, 15) is 4.79 Å². The van der Waals surface area contributed by atoms with Gasteiger partial charge in [0.15, 0.2) is 0 Å². The lowest BCUT2D eigenvalue weighted by Gasteiger charge is -2.08. The van der Waals surface area contributed by atoms with Crippen LogP contribution >= 0.6 is 27.5 Å². The van der Waals surface area contributed by atoms with Crippen LogP contribution in [0, 0.1) is 0 Å². The number of aliphatic hydroxyl groups excluding tert-OH is 1. The first-order valence-corrected chi connectivity index (χ1v) is 6.59. The van der Waals surface area contributed by atoms with Gasteiger partial charge >= 0.3 is 0 Å². The van der Waals surface area contributed by atoms with Crippen LogP contribution in [0.5, 0.6) is 0 Å². The normalized spacial score (nSPS) is 12.2. The highest BCUT2D eigenvalue weighted by Crippen LogP contribution is 2.20. The summed E-state index contributed by atoms with van der Waals surface area (Å²) < 4.78 is 0.718. The zero-order valence-electron chi connectivity index (χ0n) is 9.54. The predicted octanol–water partition coefficient (Wildman–Crippen LogP) is 2.99. The Bertz CT molecular complexity index is 396. The first kappa shape index (κ1) is 14.5. The molecule has 2 N–H and O–H groups in total. The van der Waals surface area contributed by atoms with E-state index in [1.165, 1.54) is 0 Å². The summed E-state index contributed by atoms with van der Waals surface area (Å²) in [6, 6.07) is 5.08. The minimum absolute atomic E-state index is 0.162. The molecule has 5 heteroatoms. The van der Waals surface area contributed by atoms with Crippen molar-refractivity contribution >= 4 is 33.4 Å². The van der Waals surface area contributed by atoms with E-state index in [0.717, 1.165) is 10.9 Å². The number of aliphatic hydroxyl groups is 1. The smallest absolute Gasteiger partial charge is 0.252 e. The van der Waals surface area contributed by atoms with E-state index < -0.39 is 0 Å². The van der Waals surface area contributed by atoms with Crippen LogP contribution in [0.1, 0.15) is 30.1 Å². The van der Waals surface area contributed by atoms with Crippen molar-refractivity contribution in [3.8, 4) is 0 Å². The van der Waals surface area contributed by atoms with Gasteiger partial charge in [-0.3, -0.25) is 4.79 Å². The number of hydrogen-bond donors (Lipinski definition) is 2. The molecule has 1 atom stereocenters. The van der Waals surface area contributed by atoms with Gasteiger partial charge in [-0.25, -0.2) is 0 Å². The quantitative estimate of drug-likeness (QED) is 0.819. The van der Waals surface area contributed by atoms with E-state index in [1.807, 2.05) is 0 Å². The maximum absolute atomic E-state index is 11.8. The zero-order valence-corrected chi connectivity index (χ0v) is 11.9. The maximum Gasteiger partial charge on any atom is 0.252 e. The fourth-order valence-corrected chi connectivity index (χ4v) is 1.96. The summed E-state index contributed by atoms with van der Waals surface area (Å²) in [5.74, 6) is -0.162. The first-order valence-electron chi connectivity index (χ1n) is 5.42. The molecule has 0 aliphatic rings. The summed E-state index contributed by atoms with van der Waals surface area (Å²) in [5.41, 5.74) is 0.523. The Balaban J connectivity index is 2.49. The summed E-state index contributed by atoms with van der Waals surface area (Å²) in [4.78, 5) is 11.8. The largest absolute Gasteiger partial charge is 0.393 e. The molecule has 17 heavy (non-hydrogen) atoms. The van der Waals surface area contributed by atoms with E-state index in [0.29, 0.717) is 23.6 Å². The zero-order chi connectivity index (χ0) is 12.8. The Kier molecular flexibility index (Phi) is 5.95. The molecule has 3 nitrogen and oxygen atoms in total. The van der Waals surface area contributed by atoms with Crippen LogP contribution in [-0.4, -0.2) is 23.7 Å². The second kappa shape index (κ2) is 6.99. The van der Waals surface area contributed by atoms with Gasteiger partial charge in [0.2, 0.25) is 0 Å². The molecular weight excluding hydrogens is 305 g/mol. The molecule has 1 aromatic carbocycles.